The Morgan fingerprint density at radius 3 is 2.09 bits per heavy atom. The number of sulfonamides is 1. The molecular formula is C23H30N2O6S. The number of amides is 1. The van der Waals surface area contributed by atoms with Gasteiger partial charge in [0.1, 0.15) is 10.6 Å². The van der Waals surface area contributed by atoms with Gasteiger partial charge in [-0.1, -0.05) is 0 Å². The molecule has 3 rings (SSSR count). The molecule has 0 aliphatic carbocycles. The molecule has 0 unspecified atom stereocenters. The molecule has 2 aromatic carbocycles. The lowest BCUT2D eigenvalue weighted by atomic mass is 9.98. The van der Waals surface area contributed by atoms with Crippen molar-refractivity contribution in [2.75, 3.05) is 27.9 Å². The zero-order chi connectivity index (χ0) is 23.7. The lowest BCUT2D eigenvalue weighted by Crippen LogP contribution is -2.40. The number of methoxy groups -OCH3 is 3. The number of ether oxygens (including phenoxy) is 3. The van der Waals surface area contributed by atoms with Crippen LogP contribution in [-0.2, 0) is 23.0 Å². The summed E-state index contributed by atoms with van der Waals surface area (Å²) >= 11 is 0. The maximum absolute atomic E-state index is 13.3. The van der Waals surface area contributed by atoms with Gasteiger partial charge in [-0.25, -0.2) is 13.1 Å². The molecule has 0 spiro atoms. The lowest BCUT2D eigenvalue weighted by molar-refractivity contribution is 0.0734. The molecule has 8 nitrogen and oxygen atoms in total. The molecule has 2 aromatic rings. The maximum atomic E-state index is 13.3. The van der Waals surface area contributed by atoms with E-state index < -0.39 is 15.6 Å². The second kappa shape index (κ2) is 8.99. The third-order valence-corrected chi connectivity index (χ3v) is 6.93. The summed E-state index contributed by atoms with van der Waals surface area (Å²) in [5.41, 5.74) is 1.67. The Morgan fingerprint density at radius 1 is 0.938 bits per heavy atom. The van der Waals surface area contributed by atoms with Crippen LogP contribution in [0.25, 0.3) is 0 Å². The van der Waals surface area contributed by atoms with E-state index in [0.717, 1.165) is 11.1 Å². The number of nitrogens with one attached hydrogen (secondary N) is 1. The Labute approximate surface area is 189 Å². The van der Waals surface area contributed by atoms with Crippen molar-refractivity contribution in [3.63, 3.8) is 0 Å². The van der Waals surface area contributed by atoms with Crippen LogP contribution >= 0.6 is 0 Å². The fraction of sp³-hybridized carbons (Fsp3) is 0.435. The second-order valence-electron chi connectivity index (χ2n) is 8.67. The van der Waals surface area contributed by atoms with E-state index in [-0.39, 0.29) is 22.1 Å². The first-order valence-corrected chi connectivity index (χ1v) is 11.7. The Balaban J connectivity index is 1.92. The van der Waals surface area contributed by atoms with Gasteiger partial charge in [-0.2, -0.15) is 0 Å². The first kappa shape index (κ1) is 23.9. The van der Waals surface area contributed by atoms with E-state index in [1.807, 2.05) is 12.1 Å². The van der Waals surface area contributed by atoms with Gasteiger partial charge in [0, 0.05) is 24.2 Å². The van der Waals surface area contributed by atoms with Crippen LogP contribution in [0.2, 0.25) is 0 Å². The average Bonchev–Trinajstić information content (AvgIpc) is 2.75. The minimum absolute atomic E-state index is 0.0652. The highest BCUT2D eigenvalue weighted by atomic mass is 32.2. The van der Waals surface area contributed by atoms with Gasteiger partial charge in [0.05, 0.1) is 21.3 Å². The molecule has 0 radical (unpaired) electrons. The maximum Gasteiger partial charge on any atom is 0.254 e. The number of hydrogen-bond acceptors (Lipinski definition) is 6. The Kier molecular flexibility index (Phi) is 6.71. The molecule has 1 aliphatic heterocycles. The number of nitrogens with zero attached hydrogens (tertiary/aromatic N) is 1. The molecular weight excluding hydrogens is 432 g/mol. The first-order chi connectivity index (χ1) is 15.0. The van der Waals surface area contributed by atoms with Crippen molar-refractivity contribution in [3.8, 4) is 17.2 Å². The van der Waals surface area contributed by atoms with E-state index in [9.17, 15) is 13.2 Å². The SMILES string of the molecule is COc1cc2c(cc1OC)CN(C(=O)c1ccc(OC)c(S(=O)(=O)NC(C)(C)C)c1)CC2. The first-order valence-electron chi connectivity index (χ1n) is 10.2. The average molecular weight is 463 g/mol. The van der Waals surface area contributed by atoms with E-state index >= 15 is 0 Å². The lowest BCUT2D eigenvalue weighted by Gasteiger charge is -2.30. The summed E-state index contributed by atoms with van der Waals surface area (Å²) in [6.45, 7) is 6.15. The van der Waals surface area contributed by atoms with Crippen LogP contribution in [0, 0.1) is 0 Å². The largest absolute Gasteiger partial charge is 0.495 e. The topological polar surface area (TPSA) is 94.2 Å². The van der Waals surface area contributed by atoms with E-state index in [4.69, 9.17) is 14.2 Å². The molecule has 0 bridgehead atoms. The Morgan fingerprint density at radius 2 is 1.53 bits per heavy atom. The monoisotopic (exact) mass is 462 g/mol. The molecule has 0 saturated carbocycles. The van der Waals surface area contributed by atoms with Crippen LogP contribution in [0.15, 0.2) is 35.2 Å². The minimum Gasteiger partial charge on any atom is -0.495 e. The molecule has 0 atom stereocenters. The van der Waals surface area contributed by atoms with Gasteiger partial charge < -0.3 is 19.1 Å². The predicted molar refractivity (Wildman–Crippen MR) is 121 cm³/mol. The standard InChI is InChI=1S/C23H30N2O6S/c1-23(2,3)24-32(27,28)21-13-16(7-8-18(21)29-4)22(26)25-10-9-15-11-19(30-5)20(31-6)12-17(15)14-25/h7-8,11-13,24H,9-10,14H2,1-6H3. The summed E-state index contributed by atoms with van der Waals surface area (Å²) < 4.78 is 44.5. The van der Waals surface area contributed by atoms with Crippen molar-refractivity contribution in [2.45, 2.75) is 44.2 Å². The highest BCUT2D eigenvalue weighted by Gasteiger charge is 2.28. The van der Waals surface area contributed by atoms with Crippen LogP contribution in [0.3, 0.4) is 0 Å². The van der Waals surface area contributed by atoms with Gasteiger partial charge in [0.2, 0.25) is 10.0 Å². The van der Waals surface area contributed by atoms with E-state index in [2.05, 4.69) is 4.72 Å². The summed E-state index contributed by atoms with van der Waals surface area (Å²) in [7, 11) is 0.670. The summed E-state index contributed by atoms with van der Waals surface area (Å²) in [5.74, 6) is 1.19. The molecule has 0 saturated heterocycles. The summed E-state index contributed by atoms with van der Waals surface area (Å²) in [5, 5.41) is 0. The van der Waals surface area contributed by atoms with Gasteiger partial charge in [-0.05, 0) is 68.7 Å². The third-order valence-electron chi connectivity index (χ3n) is 5.15. The molecule has 1 aliphatic rings. The van der Waals surface area contributed by atoms with Crippen molar-refractivity contribution in [3.05, 3.63) is 47.0 Å². The van der Waals surface area contributed by atoms with Crippen LogP contribution in [0.5, 0.6) is 17.2 Å². The van der Waals surface area contributed by atoms with Crippen molar-refractivity contribution in [2.24, 2.45) is 0 Å². The van der Waals surface area contributed by atoms with Crippen molar-refractivity contribution in [1.29, 1.82) is 0 Å². The zero-order valence-electron chi connectivity index (χ0n) is 19.3. The normalized spacial score (nSPS) is 14.0. The van der Waals surface area contributed by atoms with Gasteiger partial charge in [0.25, 0.3) is 5.91 Å². The van der Waals surface area contributed by atoms with Crippen LogP contribution in [0.1, 0.15) is 42.3 Å². The molecule has 1 N–H and O–H groups in total. The molecule has 32 heavy (non-hydrogen) atoms. The van der Waals surface area contributed by atoms with Crippen LogP contribution < -0.4 is 18.9 Å². The fourth-order valence-corrected chi connectivity index (χ4v) is 5.33. The highest BCUT2D eigenvalue weighted by Crippen LogP contribution is 2.34. The van der Waals surface area contributed by atoms with Gasteiger partial charge >= 0.3 is 0 Å². The second-order valence-corrected chi connectivity index (χ2v) is 10.3. The summed E-state index contributed by atoms with van der Waals surface area (Å²) in [6.07, 6.45) is 0.661. The van der Waals surface area contributed by atoms with Crippen molar-refractivity contribution in [1.82, 2.24) is 9.62 Å². The van der Waals surface area contributed by atoms with Crippen molar-refractivity contribution < 1.29 is 27.4 Å². The smallest absolute Gasteiger partial charge is 0.254 e. The van der Waals surface area contributed by atoms with Gasteiger partial charge in [-0.15, -0.1) is 0 Å². The number of carbonyl (C=O) groups is 1. The highest BCUT2D eigenvalue weighted by molar-refractivity contribution is 7.89. The number of fused-ring (bicyclic) bond motifs is 1. The van der Waals surface area contributed by atoms with Crippen LogP contribution in [0.4, 0.5) is 0 Å². The molecule has 0 aromatic heterocycles. The van der Waals surface area contributed by atoms with E-state index in [1.54, 1.807) is 46.0 Å². The predicted octanol–water partition coefficient (Wildman–Crippen LogP) is 2.99. The summed E-state index contributed by atoms with van der Waals surface area (Å²) in [6, 6.07) is 8.29. The number of hydrogen-bond donors (Lipinski definition) is 1. The molecule has 0 fully saturated rings. The molecule has 174 valence electrons. The zero-order valence-corrected chi connectivity index (χ0v) is 20.1. The fourth-order valence-electron chi connectivity index (χ4n) is 3.72. The number of benzene rings is 2. The number of rotatable bonds is 6. The van der Waals surface area contributed by atoms with Gasteiger partial charge in [0.15, 0.2) is 11.5 Å². The van der Waals surface area contributed by atoms with Gasteiger partial charge in [-0.3, -0.25) is 4.79 Å². The Hall–Kier alpha value is -2.78. The molecule has 1 heterocycles. The third kappa shape index (κ3) is 4.99. The van der Waals surface area contributed by atoms with E-state index in [0.29, 0.717) is 31.0 Å². The Bertz CT molecular complexity index is 1120. The minimum atomic E-state index is -3.89. The quantitative estimate of drug-likeness (QED) is 0.709. The van der Waals surface area contributed by atoms with Crippen LogP contribution in [-0.4, -0.2) is 52.6 Å². The number of carbonyl (C=O) groups excluding carboxylic acids is 1. The summed E-state index contributed by atoms with van der Waals surface area (Å²) in [4.78, 5) is 14.9. The molecule has 9 heteroatoms. The molecule has 1 amide bonds. The van der Waals surface area contributed by atoms with E-state index in [1.165, 1.54) is 19.2 Å². The van der Waals surface area contributed by atoms with Crippen molar-refractivity contribution >= 4 is 15.9 Å².